The van der Waals surface area contributed by atoms with Gasteiger partial charge < -0.3 is 18.8 Å². The zero-order valence-corrected chi connectivity index (χ0v) is 15.3. The van der Waals surface area contributed by atoms with Gasteiger partial charge in [-0.3, -0.25) is 10.2 Å². The summed E-state index contributed by atoms with van der Waals surface area (Å²) in [5.41, 5.74) is 8.27. The molecule has 2 aliphatic heterocycles. The van der Waals surface area contributed by atoms with Gasteiger partial charge in [-0.15, -0.1) is 0 Å². The summed E-state index contributed by atoms with van der Waals surface area (Å²) in [4.78, 5) is 16.5. The van der Waals surface area contributed by atoms with E-state index in [1.807, 2.05) is 31.6 Å². The Labute approximate surface area is 157 Å². The minimum atomic E-state index is -0.408. The molecule has 1 fully saturated rings. The second-order valence-electron chi connectivity index (χ2n) is 6.60. The highest BCUT2D eigenvalue weighted by Gasteiger charge is 2.36. The predicted octanol–water partition coefficient (Wildman–Crippen LogP) is 1.02. The molecule has 0 spiro atoms. The maximum absolute atomic E-state index is 12.2. The lowest BCUT2D eigenvalue weighted by atomic mass is 9.98. The number of aryl methyl sites for hydroxylation is 2. The average molecular weight is 372 g/mol. The van der Waals surface area contributed by atoms with Gasteiger partial charge in [0.2, 0.25) is 0 Å². The largest absolute Gasteiger partial charge is 0.486 e. The summed E-state index contributed by atoms with van der Waals surface area (Å²) < 4.78 is 18.5. The van der Waals surface area contributed by atoms with Crippen LogP contribution in [0.1, 0.15) is 24.1 Å². The Morgan fingerprint density at radius 2 is 2.19 bits per heavy atom. The van der Waals surface area contributed by atoms with Crippen molar-refractivity contribution < 1.29 is 19.0 Å². The van der Waals surface area contributed by atoms with Gasteiger partial charge in [0.05, 0.1) is 12.9 Å². The standard InChI is InChI=1S/C19H24N4O4/c1-2-25-19(24)18-14(10-21-22-18)15-11-20-12-23(15)6-5-13-3-4-16-17(9-13)27-8-7-26-16/h3-4,9,11-12,14,18,21-22H,2,5-8,10H2,1H3. The number of benzene rings is 1. The first-order valence-electron chi connectivity index (χ1n) is 9.30. The molecule has 2 unspecified atom stereocenters. The van der Waals surface area contributed by atoms with Gasteiger partial charge in [-0.1, -0.05) is 6.07 Å². The molecule has 8 nitrogen and oxygen atoms in total. The molecule has 1 aromatic heterocycles. The van der Waals surface area contributed by atoms with Crippen LogP contribution in [0.4, 0.5) is 0 Å². The van der Waals surface area contributed by atoms with E-state index >= 15 is 0 Å². The van der Waals surface area contributed by atoms with Gasteiger partial charge >= 0.3 is 5.97 Å². The third-order valence-electron chi connectivity index (χ3n) is 4.89. The van der Waals surface area contributed by atoms with Gasteiger partial charge in [-0.2, -0.15) is 0 Å². The van der Waals surface area contributed by atoms with Crippen molar-refractivity contribution in [3.63, 3.8) is 0 Å². The van der Waals surface area contributed by atoms with Gasteiger partial charge in [-0.05, 0) is 31.0 Å². The first kappa shape index (κ1) is 17.8. The van der Waals surface area contributed by atoms with Crippen molar-refractivity contribution in [2.24, 2.45) is 0 Å². The fourth-order valence-corrected chi connectivity index (χ4v) is 3.55. The first-order valence-corrected chi connectivity index (χ1v) is 9.30. The Bertz CT molecular complexity index is 807. The van der Waals surface area contributed by atoms with Crippen molar-refractivity contribution in [2.45, 2.75) is 31.8 Å². The molecular formula is C19H24N4O4. The number of aromatic nitrogens is 2. The number of nitrogens with one attached hydrogen (secondary N) is 2. The Balaban J connectivity index is 1.45. The number of carbonyl (C=O) groups excluding carboxylic acids is 1. The number of hydrogen-bond acceptors (Lipinski definition) is 7. The van der Waals surface area contributed by atoms with Crippen LogP contribution in [0.2, 0.25) is 0 Å². The maximum Gasteiger partial charge on any atom is 0.325 e. The van der Waals surface area contributed by atoms with Gasteiger partial charge in [-0.25, -0.2) is 10.4 Å². The van der Waals surface area contributed by atoms with Crippen molar-refractivity contribution in [2.75, 3.05) is 26.4 Å². The number of hydrogen-bond donors (Lipinski definition) is 2. The highest BCUT2D eigenvalue weighted by molar-refractivity contribution is 5.77. The van der Waals surface area contributed by atoms with Crippen LogP contribution in [0, 0.1) is 0 Å². The lowest BCUT2D eigenvalue weighted by molar-refractivity contribution is -0.145. The molecule has 2 aromatic rings. The number of ether oxygens (including phenoxy) is 3. The van der Waals surface area contributed by atoms with Gasteiger partial charge in [0.1, 0.15) is 19.3 Å². The molecule has 2 N–H and O–H groups in total. The van der Waals surface area contributed by atoms with Crippen molar-refractivity contribution >= 4 is 5.97 Å². The highest BCUT2D eigenvalue weighted by atomic mass is 16.6. The van der Waals surface area contributed by atoms with Crippen molar-refractivity contribution in [3.8, 4) is 11.5 Å². The maximum atomic E-state index is 12.2. The van der Waals surface area contributed by atoms with E-state index in [1.165, 1.54) is 5.56 Å². The monoisotopic (exact) mass is 372 g/mol. The molecule has 1 saturated heterocycles. The zero-order chi connectivity index (χ0) is 18.6. The fraction of sp³-hybridized carbons (Fsp3) is 0.474. The number of imidazole rings is 1. The van der Waals surface area contributed by atoms with Gasteiger partial charge in [0.25, 0.3) is 0 Å². The smallest absolute Gasteiger partial charge is 0.325 e. The van der Waals surface area contributed by atoms with Crippen LogP contribution in [0.15, 0.2) is 30.7 Å². The Kier molecular flexibility index (Phi) is 5.26. The molecule has 144 valence electrons. The highest BCUT2D eigenvalue weighted by Crippen LogP contribution is 2.31. The topological polar surface area (TPSA) is 86.6 Å². The Morgan fingerprint density at radius 1 is 1.33 bits per heavy atom. The lowest BCUT2D eigenvalue weighted by Crippen LogP contribution is -2.39. The second-order valence-corrected chi connectivity index (χ2v) is 6.60. The first-order chi connectivity index (χ1) is 13.3. The molecule has 27 heavy (non-hydrogen) atoms. The van der Waals surface area contributed by atoms with Crippen molar-refractivity contribution in [3.05, 3.63) is 42.0 Å². The molecule has 0 amide bonds. The summed E-state index contributed by atoms with van der Waals surface area (Å²) >= 11 is 0. The quantitative estimate of drug-likeness (QED) is 0.732. The summed E-state index contributed by atoms with van der Waals surface area (Å²) in [6, 6.07) is 5.64. The summed E-state index contributed by atoms with van der Waals surface area (Å²) in [7, 11) is 0. The van der Waals surface area contributed by atoms with E-state index in [-0.39, 0.29) is 11.9 Å². The summed E-state index contributed by atoms with van der Waals surface area (Å²) in [5.74, 6) is 1.34. The average Bonchev–Trinajstić information content (AvgIpc) is 3.35. The third-order valence-corrected chi connectivity index (χ3v) is 4.89. The minimum Gasteiger partial charge on any atom is -0.486 e. The van der Waals surface area contributed by atoms with Crippen LogP contribution >= 0.6 is 0 Å². The van der Waals surface area contributed by atoms with E-state index in [2.05, 4.69) is 26.5 Å². The second kappa shape index (κ2) is 7.98. The molecule has 0 saturated carbocycles. The number of fused-ring (bicyclic) bond motifs is 1. The number of nitrogens with zero attached hydrogens (tertiary/aromatic N) is 2. The molecule has 0 bridgehead atoms. The summed E-state index contributed by atoms with van der Waals surface area (Å²) in [5, 5.41) is 0. The SMILES string of the molecule is CCOC(=O)C1NNCC1c1cncn1CCc1ccc2c(c1)OCCO2. The lowest BCUT2D eigenvalue weighted by Gasteiger charge is -2.20. The molecule has 1 aromatic carbocycles. The third kappa shape index (κ3) is 3.77. The van der Waals surface area contributed by atoms with Crippen LogP contribution in [0.25, 0.3) is 0 Å². The fourth-order valence-electron chi connectivity index (χ4n) is 3.55. The number of carbonyl (C=O) groups is 1. The van der Waals surface area contributed by atoms with Gasteiger partial charge in [0, 0.05) is 30.9 Å². The normalized spacial score (nSPS) is 21.2. The van der Waals surface area contributed by atoms with Crippen LogP contribution in [0.5, 0.6) is 11.5 Å². The number of rotatable bonds is 6. The van der Waals surface area contributed by atoms with Crippen LogP contribution in [-0.2, 0) is 22.5 Å². The molecule has 4 rings (SSSR count). The van der Waals surface area contributed by atoms with E-state index in [4.69, 9.17) is 14.2 Å². The Hall–Kier alpha value is -2.58. The van der Waals surface area contributed by atoms with Crippen LogP contribution < -0.4 is 20.3 Å². The summed E-state index contributed by atoms with van der Waals surface area (Å²) in [6.07, 6.45) is 4.47. The summed E-state index contributed by atoms with van der Waals surface area (Å²) in [6.45, 7) is 4.77. The Morgan fingerprint density at radius 3 is 3.04 bits per heavy atom. The van der Waals surface area contributed by atoms with E-state index in [1.54, 1.807) is 0 Å². The molecule has 2 atom stereocenters. The number of hydrazine groups is 1. The minimum absolute atomic E-state index is 0.0215. The van der Waals surface area contributed by atoms with E-state index in [0.717, 1.165) is 30.2 Å². The zero-order valence-electron chi connectivity index (χ0n) is 15.3. The van der Waals surface area contributed by atoms with Crippen LogP contribution in [0.3, 0.4) is 0 Å². The van der Waals surface area contributed by atoms with Crippen molar-refractivity contribution in [1.82, 2.24) is 20.4 Å². The number of esters is 1. The van der Waals surface area contributed by atoms with E-state index in [9.17, 15) is 4.79 Å². The molecule has 0 aliphatic carbocycles. The molecule has 8 heteroatoms. The van der Waals surface area contributed by atoms with E-state index < -0.39 is 6.04 Å². The predicted molar refractivity (Wildman–Crippen MR) is 97.7 cm³/mol. The molecule has 0 radical (unpaired) electrons. The van der Waals surface area contributed by atoms with Crippen LogP contribution in [-0.4, -0.2) is 47.9 Å². The van der Waals surface area contributed by atoms with E-state index in [0.29, 0.717) is 26.4 Å². The molecule has 2 aliphatic rings. The molecular weight excluding hydrogens is 348 g/mol. The van der Waals surface area contributed by atoms with Crippen molar-refractivity contribution in [1.29, 1.82) is 0 Å². The molecule has 3 heterocycles. The van der Waals surface area contributed by atoms with Gasteiger partial charge in [0.15, 0.2) is 11.5 Å².